The molecule has 0 radical (unpaired) electrons. The summed E-state index contributed by atoms with van der Waals surface area (Å²) >= 11 is 0. The summed E-state index contributed by atoms with van der Waals surface area (Å²) in [4.78, 5) is 10.1. The number of carboxylic acid groups (broad SMARTS) is 1. The highest BCUT2D eigenvalue weighted by atomic mass is 16.4. The van der Waals surface area contributed by atoms with E-state index in [0.29, 0.717) is 19.6 Å². The Morgan fingerprint density at radius 1 is 0.667 bits per heavy atom. The largest absolute Gasteiger partial charge is 0.480 e. The average Bonchev–Trinajstić information content (AvgIpc) is 2.75. The fourth-order valence-corrected chi connectivity index (χ4v) is 3.80. The van der Waals surface area contributed by atoms with Crippen LogP contribution in [0.1, 0.15) is 122 Å². The third-order valence-electron chi connectivity index (χ3n) is 6.02. The smallest absolute Gasteiger partial charge is 0.320 e. The molecule has 200 valence electrons. The molecule has 0 saturated heterocycles. The monoisotopic (exact) mass is 474 g/mol. The van der Waals surface area contributed by atoms with Crippen molar-refractivity contribution in [2.24, 2.45) is 11.5 Å². The lowest BCUT2D eigenvalue weighted by molar-refractivity contribution is -0.870. The van der Waals surface area contributed by atoms with Gasteiger partial charge in [-0.2, -0.15) is 0 Å². The molecule has 6 N–H and O–H groups in total. The Hall–Kier alpha value is -0.690. The predicted molar refractivity (Wildman–Crippen MR) is 142 cm³/mol. The van der Waals surface area contributed by atoms with Crippen molar-refractivity contribution in [1.82, 2.24) is 0 Å². The van der Waals surface area contributed by atoms with E-state index < -0.39 is 12.0 Å². The molecule has 0 aliphatic heterocycles. The maximum absolute atomic E-state index is 10.1. The SMILES string of the molecule is C[N+](C)(C)CCCCCCCCCCCCCCCCCCO.NCCCCC(N)C(=O)O. The van der Waals surface area contributed by atoms with Crippen LogP contribution in [-0.4, -0.2) is 67.5 Å². The van der Waals surface area contributed by atoms with E-state index >= 15 is 0 Å². The van der Waals surface area contributed by atoms with Crippen LogP contribution >= 0.6 is 0 Å². The molecule has 6 nitrogen and oxygen atoms in total. The first-order chi connectivity index (χ1) is 15.7. The molecule has 0 aliphatic carbocycles. The van der Waals surface area contributed by atoms with Gasteiger partial charge in [0.1, 0.15) is 6.04 Å². The third kappa shape index (κ3) is 33.6. The summed E-state index contributed by atoms with van der Waals surface area (Å²) in [6.45, 7) is 2.30. The minimum absolute atomic E-state index is 0.371. The summed E-state index contributed by atoms with van der Waals surface area (Å²) < 4.78 is 1.11. The van der Waals surface area contributed by atoms with E-state index in [-0.39, 0.29) is 0 Å². The Labute approximate surface area is 206 Å². The van der Waals surface area contributed by atoms with Crippen LogP contribution in [0.5, 0.6) is 0 Å². The average molecular weight is 475 g/mol. The fourth-order valence-electron chi connectivity index (χ4n) is 3.80. The molecule has 6 heteroatoms. The summed E-state index contributed by atoms with van der Waals surface area (Å²) in [6.07, 6.45) is 24.3. The van der Waals surface area contributed by atoms with E-state index in [1.165, 1.54) is 103 Å². The Balaban J connectivity index is 0. The highest BCUT2D eigenvalue weighted by molar-refractivity contribution is 5.72. The molecule has 0 fully saturated rings. The van der Waals surface area contributed by atoms with Gasteiger partial charge in [-0.1, -0.05) is 89.9 Å². The maximum Gasteiger partial charge on any atom is 0.320 e. The molecule has 0 aromatic heterocycles. The molecular weight excluding hydrogens is 414 g/mol. The predicted octanol–water partition coefficient (Wildman–Crippen LogP) is 5.45. The van der Waals surface area contributed by atoms with Gasteiger partial charge < -0.3 is 26.2 Å². The number of nitrogens with zero attached hydrogens (tertiary/aromatic N) is 1. The molecule has 0 aliphatic rings. The molecule has 0 bridgehead atoms. The zero-order valence-corrected chi connectivity index (χ0v) is 22.5. The molecular formula is C27H60N3O3+. The summed E-state index contributed by atoms with van der Waals surface area (Å²) in [5.74, 6) is -0.933. The first kappa shape index (κ1) is 34.5. The number of aliphatic carboxylic acids is 1. The van der Waals surface area contributed by atoms with E-state index in [1.54, 1.807) is 0 Å². The van der Waals surface area contributed by atoms with Gasteiger partial charge in [-0.15, -0.1) is 0 Å². The zero-order valence-electron chi connectivity index (χ0n) is 22.5. The normalized spacial score (nSPS) is 12.3. The highest BCUT2D eigenvalue weighted by Gasteiger charge is 2.09. The van der Waals surface area contributed by atoms with E-state index in [4.69, 9.17) is 21.7 Å². The number of carboxylic acids is 1. The number of aliphatic hydroxyl groups excluding tert-OH is 1. The Bertz CT molecular complexity index is 401. The first-order valence-corrected chi connectivity index (χ1v) is 13.8. The van der Waals surface area contributed by atoms with Crippen LogP contribution in [0.25, 0.3) is 0 Å². The molecule has 0 saturated carbocycles. The Morgan fingerprint density at radius 2 is 1.03 bits per heavy atom. The van der Waals surface area contributed by atoms with Crippen molar-refractivity contribution >= 4 is 5.97 Å². The third-order valence-corrected chi connectivity index (χ3v) is 6.02. The molecule has 0 spiro atoms. The van der Waals surface area contributed by atoms with Crippen LogP contribution in [0.4, 0.5) is 0 Å². The number of hydrogen-bond donors (Lipinski definition) is 4. The summed E-state index contributed by atoms with van der Waals surface area (Å²) in [7, 11) is 6.87. The zero-order chi connectivity index (χ0) is 25.2. The number of rotatable bonds is 23. The van der Waals surface area contributed by atoms with Gasteiger partial charge in [0, 0.05) is 6.61 Å². The fraction of sp³-hybridized carbons (Fsp3) is 0.963. The quantitative estimate of drug-likeness (QED) is 0.116. The van der Waals surface area contributed by atoms with Crippen molar-refractivity contribution in [2.75, 3.05) is 40.8 Å². The van der Waals surface area contributed by atoms with Gasteiger partial charge in [-0.25, -0.2) is 0 Å². The molecule has 0 amide bonds. The first-order valence-electron chi connectivity index (χ1n) is 13.8. The highest BCUT2D eigenvalue weighted by Crippen LogP contribution is 2.14. The van der Waals surface area contributed by atoms with Crippen molar-refractivity contribution < 1.29 is 19.5 Å². The van der Waals surface area contributed by atoms with Crippen molar-refractivity contribution in [1.29, 1.82) is 0 Å². The van der Waals surface area contributed by atoms with Crippen LogP contribution < -0.4 is 11.5 Å². The molecule has 1 unspecified atom stereocenters. The van der Waals surface area contributed by atoms with Crippen molar-refractivity contribution in [3.63, 3.8) is 0 Å². The molecule has 1 atom stereocenters. The van der Waals surface area contributed by atoms with Gasteiger partial charge in [0.2, 0.25) is 0 Å². The second-order valence-electron chi connectivity index (χ2n) is 10.6. The number of aliphatic hydroxyl groups is 1. The van der Waals surface area contributed by atoms with Crippen LogP contribution in [-0.2, 0) is 4.79 Å². The number of hydrogen-bond acceptors (Lipinski definition) is 4. The van der Waals surface area contributed by atoms with E-state index in [9.17, 15) is 4.79 Å². The lowest BCUT2D eigenvalue weighted by atomic mass is 10.0. The van der Waals surface area contributed by atoms with E-state index in [0.717, 1.165) is 23.7 Å². The van der Waals surface area contributed by atoms with Gasteiger partial charge in [-0.05, 0) is 38.6 Å². The van der Waals surface area contributed by atoms with Gasteiger partial charge in [0.05, 0.1) is 27.7 Å². The lowest BCUT2D eigenvalue weighted by Crippen LogP contribution is -2.35. The van der Waals surface area contributed by atoms with Gasteiger partial charge in [0.25, 0.3) is 0 Å². The topological polar surface area (TPSA) is 110 Å². The van der Waals surface area contributed by atoms with Gasteiger partial charge >= 0.3 is 5.97 Å². The molecule has 0 aromatic rings. The van der Waals surface area contributed by atoms with E-state index in [1.807, 2.05) is 0 Å². The minimum atomic E-state index is -0.933. The van der Waals surface area contributed by atoms with Crippen LogP contribution in [0.15, 0.2) is 0 Å². The van der Waals surface area contributed by atoms with Crippen LogP contribution in [0.3, 0.4) is 0 Å². The second kappa shape index (κ2) is 25.9. The standard InChI is InChI=1S/C21H46NO.C6H14N2O2/c1-22(2,3)20-18-16-14-12-10-8-6-4-5-7-9-11-13-15-17-19-21-23;7-4-2-1-3-5(8)6(9)10/h23H,4-21H2,1-3H3;5H,1-4,7-8H2,(H,9,10)/q+1;. The maximum atomic E-state index is 10.1. The molecule has 0 aromatic carbocycles. The summed E-state index contributed by atoms with van der Waals surface area (Å²) in [5.41, 5.74) is 10.4. The number of nitrogens with two attached hydrogens (primary N) is 2. The molecule has 33 heavy (non-hydrogen) atoms. The van der Waals surface area contributed by atoms with Crippen molar-refractivity contribution in [3.8, 4) is 0 Å². The summed E-state index contributed by atoms with van der Waals surface area (Å²) in [5, 5.41) is 17.0. The number of carbonyl (C=O) groups is 1. The Morgan fingerprint density at radius 3 is 1.33 bits per heavy atom. The van der Waals surface area contributed by atoms with Crippen LogP contribution in [0.2, 0.25) is 0 Å². The molecule has 0 heterocycles. The minimum Gasteiger partial charge on any atom is -0.480 e. The van der Waals surface area contributed by atoms with Crippen LogP contribution in [0, 0.1) is 0 Å². The number of unbranched alkanes of at least 4 members (excludes halogenated alkanes) is 16. The number of quaternary nitrogens is 1. The van der Waals surface area contributed by atoms with Crippen molar-refractivity contribution in [2.45, 2.75) is 128 Å². The van der Waals surface area contributed by atoms with E-state index in [2.05, 4.69) is 21.1 Å². The van der Waals surface area contributed by atoms with Gasteiger partial charge in [-0.3, -0.25) is 4.79 Å². The molecule has 0 rings (SSSR count). The van der Waals surface area contributed by atoms with Gasteiger partial charge in [0.15, 0.2) is 0 Å². The second-order valence-corrected chi connectivity index (χ2v) is 10.6. The van der Waals surface area contributed by atoms with Crippen molar-refractivity contribution in [3.05, 3.63) is 0 Å². The lowest BCUT2D eigenvalue weighted by Gasteiger charge is -2.23. The Kier molecular flexibility index (Phi) is 27.1. The summed E-state index contributed by atoms with van der Waals surface area (Å²) in [6, 6.07) is -0.716.